The standard InChI is InChI=1S/C16H12BrFN2/c17-13-6-8-15(12-4-2-1-3-11(12)13)20-16-7-5-10(19)9-14(16)18/h1-9,20H,19H2. The molecular formula is C16H12BrFN2. The van der Waals surface area contributed by atoms with Crippen molar-refractivity contribution in [2.75, 3.05) is 11.1 Å². The monoisotopic (exact) mass is 330 g/mol. The minimum atomic E-state index is -0.364. The first-order chi connectivity index (χ1) is 9.65. The van der Waals surface area contributed by atoms with Crippen LogP contribution < -0.4 is 11.1 Å². The minimum Gasteiger partial charge on any atom is -0.399 e. The molecule has 3 N–H and O–H groups in total. The molecule has 0 atom stereocenters. The van der Waals surface area contributed by atoms with Crippen LogP contribution in [0.4, 0.5) is 21.5 Å². The Morgan fingerprint density at radius 2 is 1.60 bits per heavy atom. The quantitative estimate of drug-likeness (QED) is 0.644. The number of fused-ring (bicyclic) bond motifs is 1. The Morgan fingerprint density at radius 3 is 2.35 bits per heavy atom. The fraction of sp³-hybridized carbons (Fsp3) is 0. The Labute approximate surface area is 124 Å². The number of rotatable bonds is 2. The van der Waals surface area contributed by atoms with E-state index in [9.17, 15) is 4.39 Å². The normalized spacial score (nSPS) is 10.7. The number of hydrogen-bond acceptors (Lipinski definition) is 2. The van der Waals surface area contributed by atoms with Gasteiger partial charge in [0, 0.05) is 21.2 Å². The highest BCUT2D eigenvalue weighted by Crippen LogP contribution is 2.32. The van der Waals surface area contributed by atoms with E-state index < -0.39 is 0 Å². The molecule has 0 amide bonds. The van der Waals surface area contributed by atoms with Gasteiger partial charge in [0.05, 0.1) is 5.69 Å². The van der Waals surface area contributed by atoms with Crippen molar-refractivity contribution < 1.29 is 4.39 Å². The lowest BCUT2D eigenvalue weighted by Gasteiger charge is -2.12. The maximum Gasteiger partial charge on any atom is 0.148 e. The molecule has 0 fully saturated rings. The number of benzene rings is 3. The van der Waals surface area contributed by atoms with E-state index in [1.54, 1.807) is 12.1 Å². The molecule has 0 aliphatic rings. The molecule has 0 aliphatic carbocycles. The zero-order valence-electron chi connectivity index (χ0n) is 10.5. The van der Waals surface area contributed by atoms with Crippen LogP contribution in [0, 0.1) is 5.82 Å². The van der Waals surface area contributed by atoms with Gasteiger partial charge in [-0.05, 0) is 35.7 Å². The van der Waals surface area contributed by atoms with Crippen LogP contribution in [0.15, 0.2) is 59.1 Å². The van der Waals surface area contributed by atoms with Gasteiger partial charge in [0.15, 0.2) is 0 Å². The third-order valence-electron chi connectivity index (χ3n) is 3.13. The van der Waals surface area contributed by atoms with E-state index in [1.807, 2.05) is 36.4 Å². The first-order valence-electron chi connectivity index (χ1n) is 6.14. The van der Waals surface area contributed by atoms with Crippen molar-refractivity contribution in [2.45, 2.75) is 0 Å². The number of anilines is 3. The van der Waals surface area contributed by atoms with E-state index in [-0.39, 0.29) is 5.82 Å². The molecule has 20 heavy (non-hydrogen) atoms. The van der Waals surface area contributed by atoms with Gasteiger partial charge in [-0.2, -0.15) is 0 Å². The summed E-state index contributed by atoms with van der Waals surface area (Å²) in [5.74, 6) is -0.364. The van der Waals surface area contributed by atoms with E-state index >= 15 is 0 Å². The van der Waals surface area contributed by atoms with Gasteiger partial charge in [0.25, 0.3) is 0 Å². The highest BCUT2D eigenvalue weighted by molar-refractivity contribution is 9.10. The van der Waals surface area contributed by atoms with Crippen molar-refractivity contribution in [2.24, 2.45) is 0 Å². The molecule has 0 saturated carbocycles. The molecule has 2 nitrogen and oxygen atoms in total. The van der Waals surface area contributed by atoms with Crippen LogP contribution in [0.5, 0.6) is 0 Å². The second kappa shape index (κ2) is 5.13. The van der Waals surface area contributed by atoms with Crippen molar-refractivity contribution in [1.82, 2.24) is 0 Å². The fourth-order valence-electron chi connectivity index (χ4n) is 2.15. The third-order valence-corrected chi connectivity index (χ3v) is 3.82. The summed E-state index contributed by atoms with van der Waals surface area (Å²) >= 11 is 3.52. The zero-order valence-corrected chi connectivity index (χ0v) is 12.1. The molecule has 4 heteroatoms. The molecule has 0 aliphatic heterocycles. The second-order valence-electron chi connectivity index (χ2n) is 4.50. The molecular weight excluding hydrogens is 319 g/mol. The van der Waals surface area contributed by atoms with E-state index in [0.717, 1.165) is 20.9 Å². The largest absolute Gasteiger partial charge is 0.399 e. The fourth-order valence-corrected chi connectivity index (χ4v) is 2.63. The summed E-state index contributed by atoms with van der Waals surface area (Å²) in [7, 11) is 0. The summed E-state index contributed by atoms with van der Waals surface area (Å²) in [5.41, 5.74) is 7.23. The third kappa shape index (κ3) is 2.34. The van der Waals surface area contributed by atoms with Gasteiger partial charge >= 0.3 is 0 Å². The average molecular weight is 331 g/mol. The van der Waals surface area contributed by atoms with Crippen LogP contribution in [0.3, 0.4) is 0 Å². The number of nitrogen functional groups attached to an aromatic ring is 1. The predicted octanol–water partition coefficient (Wildman–Crippen LogP) is 5.07. The first kappa shape index (κ1) is 12.9. The molecule has 3 rings (SSSR count). The van der Waals surface area contributed by atoms with Gasteiger partial charge in [0.1, 0.15) is 5.82 Å². The topological polar surface area (TPSA) is 38.0 Å². The van der Waals surface area contributed by atoms with E-state index in [1.165, 1.54) is 6.07 Å². The van der Waals surface area contributed by atoms with Crippen molar-refractivity contribution in [3.05, 3.63) is 64.9 Å². The highest BCUT2D eigenvalue weighted by atomic mass is 79.9. The Balaban J connectivity index is 2.09. The second-order valence-corrected chi connectivity index (χ2v) is 5.36. The molecule has 3 aromatic rings. The van der Waals surface area contributed by atoms with Gasteiger partial charge in [0.2, 0.25) is 0 Å². The Morgan fingerprint density at radius 1 is 0.900 bits per heavy atom. The van der Waals surface area contributed by atoms with Crippen LogP contribution in [0.1, 0.15) is 0 Å². The highest BCUT2D eigenvalue weighted by Gasteiger charge is 2.07. The molecule has 3 aromatic carbocycles. The van der Waals surface area contributed by atoms with Crippen molar-refractivity contribution in [3.63, 3.8) is 0 Å². The summed E-state index contributed by atoms with van der Waals surface area (Å²) in [5, 5.41) is 5.22. The van der Waals surface area contributed by atoms with Gasteiger partial charge in [-0.1, -0.05) is 40.2 Å². The van der Waals surface area contributed by atoms with E-state index in [4.69, 9.17) is 5.73 Å². The summed E-state index contributed by atoms with van der Waals surface area (Å²) in [6, 6.07) is 16.4. The average Bonchev–Trinajstić information content (AvgIpc) is 2.45. The van der Waals surface area contributed by atoms with Crippen LogP contribution >= 0.6 is 15.9 Å². The van der Waals surface area contributed by atoms with Crippen molar-refractivity contribution in [1.29, 1.82) is 0 Å². The molecule has 0 spiro atoms. The number of halogens is 2. The van der Waals surface area contributed by atoms with Crippen LogP contribution in [-0.2, 0) is 0 Å². The number of nitrogens with two attached hydrogens (primary N) is 1. The molecule has 0 radical (unpaired) electrons. The Kier molecular flexibility index (Phi) is 3.32. The minimum absolute atomic E-state index is 0.364. The number of hydrogen-bond donors (Lipinski definition) is 2. The maximum atomic E-state index is 13.9. The lowest BCUT2D eigenvalue weighted by Crippen LogP contribution is -1.96. The lowest BCUT2D eigenvalue weighted by molar-refractivity contribution is 0.632. The Bertz CT molecular complexity index is 787. The summed E-state index contributed by atoms with van der Waals surface area (Å²) in [6.07, 6.45) is 0. The molecule has 0 unspecified atom stereocenters. The molecule has 0 bridgehead atoms. The predicted molar refractivity (Wildman–Crippen MR) is 85.7 cm³/mol. The van der Waals surface area contributed by atoms with E-state index in [0.29, 0.717) is 11.4 Å². The zero-order chi connectivity index (χ0) is 14.1. The SMILES string of the molecule is Nc1ccc(Nc2ccc(Br)c3ccccc23)c(F)c1. The van der Waals surface area contributed by atoms with Gasteiger partial charge < -0.3 is 11.1 Å². The van der Waals surface area contributed by atoms with E-state index in [2.05, 4.69) is 21.2 Å². The smallest absolute Gasteiger partial charge is 0.148 e. The van der Waals surface area contributed by atoms with Gasteiger partial charge in [-0.25, -0.2) is 4.39 Å². The first-order valence-corrected chi connectivity index (χ1v) is 6.94. The summed E-state index contributed by atoms with van der Waals surface area (Å²) in [6.45, 7) is 0. The van der Waals surface area contributed by atoms with Crippen molar-refractivity contribution in [3.8, 4) is 0 Å². The maximum absolute atomic E-state index is 13.9. The van der Waals surface area contributed by atoms with Crippen LogP contribution in [0.25, 0.3) is 10.8 Å². The van der Waals surface area contributed by atoms with Crippen molar-refractivity contribution >= 4 is 43.8 Å². The molecule has 0 heterocycles. The van der Waals surface area contributed by atoms with Gasteiger partial charge in [-0.15, -0.1) is 0 Å². The summed E-state index contributed by atoms with van der Waals surface area (Å²) < 4.78 is 14.9. The molecule has 0 saturated heterocycles. The Hall–Kier alpha value is -2.07. The van der Waals surface area contributed by atoms with Gasteiger partial charge in [-0.3, -0.25) is 0 Å². The lowest BCUT2D eigenvalue weighted by atomic mass is 10.1. The number of nitrogens with one attached hydrogen (secondary N) is 1. The molecule has 100 valence electrons. The summed E-state index contributed by atoms with van der Waals surface area (Å²) in [4.78, 5) is 0. The van der Waals surface area contributed by atoms with Crippen LogP contribution in [-0.4, -0.2) is 0 Å². The molecule has 0 aromatic heterocycles. The van der Waals surface area contributed by atoms with Crippen LogP contribution in [0.2, 0.25) is 0 Å².